The lowest BCUT2D eigenvalue weighted by Crippen LogP contribution is -2.46. The number of carbonyl (C=O) groups is 4. The molecule has 1 aromatic rings. The highest BCUT2D eigenvalue weighted by molar-refractivity contribution is 5.98. The van der Waals surface area contributed by atoms with E-state index in [1.54, 1.807) is 26.0 Å². The van der Waals surface area contributed by atoms with E-state index in [1.807, 2.05) is 5.32 Å². The average molecular weight is 351 g/mol. The van der Waals surface area contributed by atoms with Crippen LogP contribution in [0.5, 0.6) is 5.75 Å². The Balaban J connectivity index is 2.57. The summed E-state index contributed by atoms with van der Waals surface area (Å²) < 4.78 is 9.99. The maximum atomic E-state index is 11.9. The summed E-state index contributed by atoms with van der Waals surface area (Å²) in [5.74, 6) is -1.92. The van der Waals surface area contributed by atoms with Gasteiger partial charge in [-0.05, 0) is 30.2 Å². The standard InChI is InChI=1S/C16H21N3O6/c1-9(2)13(15(22)19-16(17)23)25-12(20)8-18-14(21)10-4-6-11(24-3)7-5-10/h4-7,9,13H,8H2,1-3H3,(H,18,21)(H3,17,19,22,23). The van der Waals surface area contributed by atoms with Gasteiger partial charge < -0.3 is 20.5 Å². The van der Waals surface area contributed by atoms with Crippen LogP contribution in [0.15, 0.2) is 24.3 Å². The molecule has 1 aromatic carbocycles. The highest BCUT2D eigenvalue weighted by Gasteiger charge is 2.27. The van der Waals surface area contributed by atoms with Crippen molar-refractivity contribution in [1.29, 1.82) is 0 Å². The van der Waals surface area contributed by atoms with Crippen LogP contribution < -0.4 is 21.1 Å². The summed E-state index contributed by atoms with van der Waals surface area (Å²) in [6.45, 7) is 2.83. The van der Waals surface area contributed by atoms with E-state index in [-0.39, 0.29) is 5.92 Å². The monoisotopic (exact) mass is 351 g/mol. The summed E-state index contributed by atoms with van der Waals surface area (Å²) in [5, 5.41) is 4.24. The minimum absolute atomic E-state index is 0.334. The first-order chi connectivity index (χ1) is 11.7. The minimum Gasteiger partial charge on any atom is -0.497 e. The van der Waals surface area contributed by atoms with Crippen LogP contribution >= 0.6 is 0 Å². The van der Waals surface area contributed by atoms with E-state index in [9.17, 15) is 19.2 Å². The molecule has 0 aliphatic carbocycles. The van der Waals surface area contributed by atoms with Gasteiger partial charge in [0, 0.05) is 5.56 Å². The van der Waals surface area contributed by atoms with Crippen molar-refractivity contribution in [3.05, 3.63) is 29.8 Å². The smallest absolute Gasteiger partial charge is 0.326 e. The lowest BCUT2D eigenvalue weighted by atomic mass is 10.1. The van der Waals surface area contributed by atoms with Crippen LogP contribution in [0.1, 0.15) is 24.2 Å². The molecule has 4 N–H and O–H groups in total. The van der Waals surface area contributed by atoms with Crippen molar-refractivity contribution >= 4 is 23.8 Å². The van der Waals surface area contributed by atoms with Gasteiger partial charge in [0.05, 0.1) is 7.11 Å². The molecular formula is C16H21N3O6. The van der Waals surface area contributed by atoms with Gasteiger partial charge in [-0.3, -0.25) is 19.7 Å². The number of nitrogens with one attached hydrogen (secondary N) is 2. The molecule has 136 valence electrons. The molecule has 1 unspecified atom stereocenters. The van der Waals surface area contributed by atoms with Gasteiger partial charge in [0.2, 0.25) is 0 Å². The molecule has 0 spiro atoms. The van der Waals surface area contributed by atoms with Crippen LogP contribution in [0, 0.1) is 5.92 Å². The number of rotatable bonds is 7. The normalized spacial score (nSPS) is 11.4. The molecule has 0 aliphatic rings. The minimum atomic E-state index is -1.20. The molecule has 1 atom stereocenters. The summed E-state index contributed by atoms with van der Waals surface area (Å²) in [6, 6.07) is 5.25. The molecule has 0 aliphatic heterocycles. The third-order valence-electron chi connectivity index (χ3n) is 3.11. The van der Waals surface area contributed by atoms with E-state index in [1.165, 1.54) is 19.2 Å². The lowest BCUT2D eigenvalue weighted by Gasteiger charge is -2.19. The Hall–Kier alpha value is -3.10. The number of benzene rings is 1. The topological polar surface area (TPSA) is 137 Å². The van der Waals surface area contributed by atoms with E-state index in [2.05, 4.69) is 5.32 Å². The molecule has 25 heavy (non-hydrogen) atoms. The van der Waals surface area contributed by atoms with E-state index in [0.717, 1.165) is 0 Å². The molecule has 0 aromatic heterocycles. The summed E-state index contributed by atoms with van der Waals surface area (Å²) in [7, 11) is 1.50. The number of nitrogens with two attached hydrogens (primary N) is 1. The molecule has 4 amide bonds. The van der Waals surface area contributed by atoms with Crippen molar-refractivity contribution in [3.8, 4) is 5.75 Å². The van der Waals surface area contributed by atoms with Crippen molar-refractivity contribution in [2.45, 2.75) is 20.0 Å². The number of esters is 1. The maximum absolute atomic E-state index is 11.9. The second-order valence-corrected chi connectivity index (χ2v) is 5.42. The Morgan fingerprint density at radius 1 is 1.12 bits per heavy atom. The molecule has 0 radical (unpaired) electrons. The van der Waals surface area contributed by atoms with Crippen molar-refractivity contribution in [1.82, 2.24) is 10.6 Å². The number of ether oxygens (including phenoxy) is 2. The first-order valence-corrected chi connectivity index (χ1v) is 7.46. The molecule has 1 rings (SSSR count). The van der Waals surface area contributed by atoms with Crippen molar-refractivity contribution in [2.75, 3.05) is 13.7 Å². The number of primary amides is 1. The SMILES string of the molecule is COc1ccc(C(=O)NCC(=O)OC(C(=O)NC(N)=O)C(C)C)cc1. The third kappa shape index (κ3) is 6.50. The number of urea groups is 1. The largest absolute Gasteiger partial charge is 0.497 e. The zero-order valence-electron chi connectivity index (χ0n) is 14.2. The van der Waals surface area contributed by atoms with E-state index < -0.39 is 36.5 Å². The van der Waals surface area contributed by atoms with Crippen molar-refractivity contribution in [2.24, 2.45) is 11.7 Å². The van der Waals surface area contributed by atoms with Gasteiger partial charge in [-0.25, -0.2) is 4.79 Å². The van der Waals surface area contributed by atoms with Crippen molar-refractivity contribution in [3.63, 3.8) is 0 Å². The van der Waals surface area contributed by atoms with Gasteiger partial charge in [0.1, 0.15) is 12.3 Å². The first kappa shape index (κ1) is 19.9. The van der Waals surface area contributed by atoms with Gasteiger partial charge in [0.15, 0.2) is 6.10 Å². The fourth-order valence-corrected chi connectivity index (χ4v) is 1.87. The molecule has 0 saturated heterocycles. The number of hydrogen-bond acceptors (Lipinski definition) is 6. The fraction of sp³-hybridized carbons (Fsp3) is 0.375. The predicted octanol–water partition coefficient (Wildman–Crippen LogP) is 0.188. The average Bonchev–Trinajstić information content (AvgIpc) is 2.56. The maximum Gasteiger partial charge on any atom is 0.326 e. The second-order valence-electron chi connectivity index (χ2n) is 5.42. The molecule has 0 saturated carbocycles. The Morgan fingerprint density at radius 3 is 2.20 bits per heavy atom. The molecule has 9 nitrogen and oxygen atoms in total. The van der Waals surface area contributed by atoms with Gasteiger partial charge in [-0.15, -0.1) is 0 Å². The zero-order chi connectivity index (χ0) is 19.0. The van der Waals surface area contributed by atoms with Gasteiger partial charge >= 0.3 is 12.0 Å². The fourth-order valence-electron chi connectivity index (χ4n) is 1.87. The van der Waals surface area contributed by atoms with Crippen LogP contribution in [0.25, 0.3) is 0 Å². The number of hydrogen-bond donors (Lipinski definition) is 3. The van der Waals surface area contributed by atoms with Crippen LogP contribution in [0.3, 0.4) is 0 Å². The highest BCUT2D eigenvalue weighted by atomic mass is 16.5. The van der Waals surface area contributed by atoms with Gasteiger partial charge in [-0.1, -0.05) is 13.8 Å². The Morgan fingerprint density at radius 2 is 1.72 bits per heavy atom. The van der Waals surface area contributed by atoms with Crippen LogP contribution in [0.4, 0.5) is 4.79 Å². The number of carbonyl (C=O) groups excluding carboxylic acids is 4. The van der Waals surface area contributed by atoms with E-state index >= 15 is 0 Å². The summed E-state index contributed by atoms with van der Waals surface area (Å²) in [5.41, 5.74) is 5.20. The van der Waals surface area contributed by atoms with Crippen LogP contribution in [-0.4, -0.2) is 43.6 Å². The summed E-state index contributed by atoms with van der Waals surface area (Å²) in [6.07, 6.45) is -1.20. The summed E-state index contributed by atoms with van der Waals surface area (Å²) in [4.78, 5) is 46.3. The molecule has 0 fully saturated rings. The number of amides is 4. The number of imide groups is 1. The molecular weight excluding hydrogens is 330 g/mol. The third-order valence-corrected chi connectivity index (χ3v) is 3.11. The predicted molar refractivity (Wildman–Crippen MR) is 87.8 cm³/mol. The highest BCUT2D eigenvalue weighted by Crippen LogP contribution is 2.11. The Labute approximate surface area is 144 Å². The van der Waals surface area contributed by atoms with Crippen LogP contribution in [0.2, 0.25) is 0 Å². The first-order valence-electron chi connectivity index (χ1n) is 7.46. The molecule has 9 heteroatoms. The van der Waals surface area contributed by atoms with E-state index in [0.29, 0.717) is 11.3 Å². The van der Waals surface area contributed by atoms with Crippen molar-refractivity contribution < 1.29 is 28.7 Å². The van der Waals surface area contributed by atoms with Crippen LogP contribution in [-0.2, 0) is 14.3 Å². The Kier molecular flexibility index (Phi) is 7.39. The molecule has 0 heterocycles. The van der Waals surface area contributed by atoms with Gasteiger partial charge in [0.25, 0.3) is 11.8 Å². The van der Waals surface area contributed by atoms with E-state index in [4.69, 9.17) is 15.2 Å². The number of methoxy groups -OCH3 is 1. The Bertz CT molecular complexity index is 642. The second kappa shape index (κ2) is 9.26. The van der Waals surface area contributed by atoms with Gasteiger partial charge in [-0.2, -0.15) is 0 Å². The zero-order valence-corrected chi connectivity index (χ0v) is 14.2. The summed E-state index contributed by atoms with van der Waals surface area (Å²) >= 11 is 0. The lowest BCUT2D eigenvalue weighted by molar-refractivity contribution is -0.157. The molecule has 0 bridgehead atoms. The quantitative estimate of drug-likeness (QED) is 0.600.